The Balaban J connectivity index is 1.90. The largest absolute Gasteiger partial charge is 0.463 e. The summed E-state index contributed by atoms with van der Waals surface area (Å²) in [5.41, 5.74) is 0. The van der Waals surface area contributed by atoms with Gasteiger partial charge in [-0.15, -0.1) is 0 Å². The molecule has 66 heavy (non-hydrogen) atoms. The van der Waals surface area contributed by atoms with Gasteiger partial charge in [0.25, 0.3) is 0 Å². The molecule has 2 heterocycles. The van der Waals surface area contributed by atoms with Crippen LogP contribution >= 0.6 is 0 Å². The molecule has 0 radical (unpaired) electrons. The Kier molecular flexibility index (Phi) is 25.2. The maximum atomic E-state index is 12.0. The Labute approximate surface area is 382 Å². The number of esters is 8. The Hall–Kier alpha value is -7.04. The molecule has 0 aromatic carbocycles. The van der Waals surface area contributed by atoms with Crippen molar-refractivity contribution >= 4 is 47.8 Å². The Morgan fingerprint density at radius 2 is 0.636 bits per heavy atom. The van der Waals surface area contributed by atoms with Crippen molar-refractivity contribution in [2.45, 2.75) is 142 Å². The molecule has 20 nitrogen and oxygen atoms in total. The van der Waals surface area contributed by atoms with Gasteiger partial charge in [-0.1, -0.05) is 11.8 Å². The van der Waals surface area contributed by atoms with Crippen LogP contribution in [0.4, 0.5) is 0 Å². The first-order chi connectivity index (χ1) is 31.4. The molecule has 2 saturated heterocycles. The molecule has 0 aliphatic carbocycles. The van der Waals surface area contributed by atoms with Crippen molar-refractivity contribution < 1.29 is 95.2 Å². The van der Waals surface area contributed by atoms with E-state index in [-0.39, 0.29) is 26.4 Å². The second kappa shape index (κ2) is 30.2. The van der Waals surface area contributed by atoms with E-state index in [4.69, 9.17) is 56.8 Å². The van der Waals surface area contributed by atoms with Crippen LogP contribution in [0, 0.1) is 71.0 Å². The summed E-state index contributed by atoms with van der Waals surface area (Å²) in [6, 6.07) is 0. The van der Waals surface area contributed by atoms with E-state index in [0.29, 0.717) is 25.7 Å². The number of unbranched alkanes of at least 4 members (excludes halogenated alkanes) is 2. The van der Waals surface area contributed by atoms with Gasteiger partial charge < -0.3 is 56.8 Å². The lowest BCUT2D eigenvalue weighted by atomic mass is 9.98. The highest BCUT2D eigenvalue weighted by molar-refractivity contribution is 5.70. The molecule has 20 heteroatoms. The minimum absolute atomic E-state index is 0.0458. The molecule has 0 unspecified atom stereocenters. The number of carbonyl (C=O) groups excluding carboxylic acids is 8. The fourth-order valence-corrected chi connectivity index (χ4v) is 5.83. The van der Waals surface area contributed by atoms with E-state index in [9.17, 15) is 38.4 Å². The van der Waals surface area contributed by atoms with E-state index in [1.807, 2.05) is 0 Å². The lowest BCUT2D eigenvalue weighted by Gasteiger charge is -2.44. The number of carbonyl (C=O) groups is 8. The van der Waals surface area contributed by atoms with Crippen LogP contribution in [0.1, 0.15) is 81.1 Å². The molecule has 0 aromatic heterocycles. The van der Waals surface area contributed by atoms with Gasteiger partial charge in [-0.3, -0.25) is 38.4 Å². The summed E-state index contributed by atoms with van der Waals surface area (Å²) < 4.78 is 65.6. The topological polar surface area (TPSA) is 247 Å². The molecule has 0 spiro atoms. The van der Waals surface area contributed by atoms with Gasteiger partial charge in [-0.05, 0) is 72.0 Å². The molecule has 0 aromatic rings. The highest BCUT2D eigenvalue weighted by Crippen LogP contribution is 2.31. The lowest BCUT2D eigenvalue weighted by Crippen LogP contribution is -2.63. The Morgan fingerprint density at radius 1 is 0.364 bits per heavy atom. The fourth-order valence-electron chi connectivity index (χ4n) is 5.83. The second-order valence-electron chi connectivity index (χ2n) is 13.7. The summed E-state index contributed by atoms with van der Waals surface area (Å²) >= 11 is 0. The number of hydrogen-bond acceptors (Lipinski definition) is 20. The SMILES string of the molecule is CC(=O)OC[C@H]1O[C@@H](OCCCC#CC#CC#CC#CC#CC#CCCCO[C@@H]2O[C@H](COC(C)=O)[C@@H](OC(C)=O)[C@H](OC(C)=O)[C@H]2OC(C)=O)[C@H](OC(C)=O)[C@@H](OC(C)=O)[C@@H]1OC(C)=O. The van der Waals surface area contributed by atoms with Gasteiger partial charge >= 0.3 is 47.8 Å². The van der Waals surface area contributed by atoms with Gasteiger partial charge in [-0.25, -0.2) is 0 Å². The molecule has 354 valence electrons. The monoisotopic (exact) mass is 922 g/mol. The molecule has 0 N–H and O–H groups in total. The van der Waals surface area contributed by atoms with E-state index >= 15 is 0 Å². The van der Waals surface area contributed by atoms with Crippen molar-refractivity contribution in [3.63, 3.8) is 0 Å². The van der Waals surface area contributed by atoms with Crippen LogP contribution in [0.3, 0.4) is 0 Å². The third-order valence-corrected chi connectivity index (χ3v) is 8.09. The van der Waals surface area contributed by atoms with Crippen molar-refractivity contribution in [2.75, 3.05) is 26.4 Å². The Morgan fingerprint density at radius 3 is 0.924 bits per heavy atom. The maximum Gasteiger partial charge on any atom is 0.303 e. The van der Waals surface area contributed by atoms with Crippen LogP contribution in [0.2, 0.25) is 0 Å². The minimum atomic E-state index is -1.34. The molecule has 0 saturated carbocycles. The summed E-state index contributed by atoms with van der Waals surface area (Å²) in [5, 5.41) is 0. The summed E-state index contributed by atoms with van der Waals surface area (Å²) in [5.74, 6) is 25.4. The first kappa shape index (κ1) is 55.1. The molecule has 2 rings (SSSR count). The molecular weight excluding hydrogens is 872 g/mol. The van der Waals surface area contributed by atoms with Crippen LogP contribution in [0.25, 0.3) is 0 Å². The van der Waals surface area contributed by atoms with E-state index in [0.717, 1.165) is 41.5 Å². The summed E-state index contributed by atoms with van der Waals surface area (Å²) in [6.45, 7) is 8.42. The van der Waals surface area contributed by atoms with Crippen molar-refractivity contribution in [3.05, 3.63) is 0 Å². The van der Waals surface area contributed by atoms with E-state index in [1.54, 1.807) is 0 Å². The molecule has 2 aliphatic rings. The third-order valence-electron chi connectivity index (χ3n) is 8.09. The number of ether oxygens (including phenoxy) is 12. The van der Waals surface area contributed by atoms with E-state index < -0.39 is 109 Å². The standard InChI is InChI=1S/C46H50O20/c1-29(47)57-27-37-39(59-31(3)49)41(61-33(5)51)43(63-35(7)53)45(65-37)55-25-23-21-19-17-15-13-11-9-10-12-14-16-18-20-22-24-26-56-46-44(64-36(8)54)42(62-34(6)52)40(60-32(4)50)38(66-46)28-58-30(2)48/h37-46H,21-28H2,1-8H3/t37-,38-,39-,40-,41+,42+,43-,44-,45-,46-/m1/s1. The zero-order valence-corrected chi connectivity index (χ0v) is 37.6. The van der Waals surface area contributed by atoms with Gasteiger partial charge in [0.1, 0.15) is 25.4 Å². The molecule has 0 bridgehead atoms. The third kappa shape index (κ3) is 22.0. The van der Waals surface area contributed by atoms with Crippen molar-refractivity contribution in [1.29, 1.82) is 0 Å². The normalized spacial score (nSPS) is 23.4. The minimum Gasteiger partial charge on any atom is -0.463 e. The lowest BCUT2D eigenvalue weighted by molar-refractivity contribution is -0.308. The van der Waals surface area contributed by atoms with Gasteiger partial charge in [-0.2, -0.15) is 0 Å². The molecule has 2 fully saturated rings. The van der Waals surface area contributed by atoms with Crippen LogP contribution < -0.4 is 0 Å². The second-order valence-corrected chi connectivity index (χ2v) is 13.7. The molecular formula is C46H50O20. The van der Waals surface area contributed by atoms with Crippen molar-refractivity contribution in [1.82, 2.24) is 0 Å². The maximum absolute atomic E-state index is 12.0. The first-order valence-corrected chi connectivity index (χ1v) is 20.2. The smallest absolute Gasteiger partial charge is 0.303 e. The van der Waals surface area contributed by atoms with Crippen LogP contribution in [-0.4, -0.2) is 136 Å². The first-order valence-electron chi connectivity index (χ1n) is 20.2. The quantitative estimate of drug-likeness (QED) is 0.0797. The van der Waals surface area contributed by atoms with Gasteiger partial charge in [0.2, 0.25) is 0 Å². The van der Waals surface area contributed by atoms with Gasteiger partial charge in [0.15, 0.2) is 49.2 Å². The van der Waals surface area contributed by atoms with Crippen molar-refractivity contribution in [2.24, 2.45) is 0 Å². The zero-order chi connectivity index (χ0) is 49.0. The Bertz CT molecular complexity index is 1990. The summed E-state index contributed by atoms with van der Waals surface area (Å²) in [6.07, 6.45) is -11.3. The highest BCUT2D eigenvalue weighted by Gasteiger charge is 2.54. The summed E-state index contributed by atoms with van der Waals surface area (Å²) in [4.78, 5) is 94.6. The zero-order valence-electron chi connectivity index (χ0n) is 37.6. The fraction of sp³-hybridized carbons (Fsp3) is 0.565. The predicted molar refractivity (Wildman–Crippen MR) is 221 cm³/mol. The average Bonchev–Trinajstić information content (AvgIpc) is 3.21. The van der Waals surface area contributed by atoms with E-state index in [1.165, 1.54) is 13.8 Å². The van der Waals surface area contributed by atoms with Gasteiger partial charge in [0, 0.05) is 68.2 Å². The van der Waals surface area contributed by atoms with Gasteiger partial charge in [0.05, 0.1) is 13.2 Å². The summed E-state index contributed by atoms with van der Waals surface area (Å²) in [7, 11) is 0. The molecule has 0 amide bonds. The molecule has 2 aliphatic heterocycles. The number of rotatable bonds is 18. The average molecular weight is 923 g/mol. The predicted octanol–water partition coefficient (Wildman–Crippen LogP) is 0.767. The van der Waals surface area contributed by atoms with Crippen LogP contribution in [0.5, 0.6) is 0 Å². The highest BCUT2D eigenvalue weighted by atomic mass is 16.7. The van der Waals surface area contributed by atoms with Crippen molar-refractivity contribution in [3.8, 4) is 71.0 Å². The molecule has 10 atom stereocenters. The van der Waals surface area contributed by atoms with Crippen LogP contribution in [0.15, 0.2) is 0 Å². The van der Waals surface area contributed by atoms with E-state index in [2.05, 4.69) is 71.0 Å². The number of hydrogen-bond donors (Lipinski definition) is 0. The van der Waals surface area contributed by atoms with Crippen LogP contribution in [-0.2, 0) is 95.2 Å².